The van der Waals surface area contributed by atoms with Gasteiger partial charge < -0.3 is 14.6 Å². The zero-order valence-corrected chi connectivity index (χ0v) is 16.0. The Hall–Kier alpha value is -2.37. The standard InChI is InChI=1S/C20H18ClN3OS/c1-12-13(6-5-7-14(12)21)16-9-10-17(25-16)19-18(23-20(26)24(19)2)15-8-3-4-11-22-15/h3-11,18-19H,1-2H3,(H,23,26)/t18-,19+/m0/s1. The van der Waals surface area contributed by atoms with Crippen LogP contribution in [0, 0.1) is 6.92 Å². The number of thiocarbonyl (C=S) groups is 1. The van der Waals surface area contributed by atoms with Crippen LogP contribution >= 0.6 is 23.8 Å². The number of benzene rings is 1. The van der Waals surface area contributed by atoms with E-state index in [0.717, 1.165) is 33.4 Å². The van der Waals surface area contributed by atoms with Gasteiger partial charge in [-0.3, -0.25) is 4.98 Å². The van der Waals surface area contributed by atoms with Crippen LogP contribution < -0.4 is 5.32 Å². The first-order valence-corrected chi connectivity index (χ1v) is 9.14. The fourth-order valence-corrected chi connectivity index (χ4v) is 3.76. The Morgan fingerprint density at radius 1 is 1.15 bits per heavy atom. The van der Waals surface area contributed by atoms with E-state index < -0.39 is 0 Å². The molecule has 0 aliphatic carbocycles. The Bertz CT molecular complexity index is 957. The van der Waals surface area contributed by atoms with Gasteiger partial charge >= 0.3 is 0 Å². The van der Waals surface area contributed by atoms with Crippen LogP contribution in [-0.4, -0.2) is 22.0 Å². The molecule has 3 heterocycles. The molecule has 1 aliphatic heterocycles. The van der Waals surface area contributed by atoms with Crippen molar-refractivity contribution in [2.75, 3.05) is 7.05 Å². The van der Waals surface area contributed by atoms with Gasteiger partial charge in [0.1, 0.15) is 17.6 Å². The molecule has 26 heavy (non-hydrogen) atoms. The molecule has 1 aliphatic rings. The summed E-state index contributed by atoms with van der Waals surface area (Å²) in [6.07, 6.45) is 1.79. The number of nitrogens with zero attached hydrogens (tertiary/aromatic N) is 2. The summed E-state index contributed by atoms with van der Waals surface area (Å²) >= 11 is 11.7. The van der Waals surface area contributed by atoms with Gasteiger partial charge in [0.15, 0.2) is 5.11 Å². The number of nitrogens with one attached hydrogen (secondary N) is 1. The molecule has 0 spiro atoms. The van der Waals surface area contributed by atoms with Crippen LogP contribution in [0.3, 0.4) is 0 Å². The van der Waals surface area contributed by atoms with E-state index in [2.05, 4.69) is 10.3 Å². The van der Waals surface area contributed by atoms with Crippen LogP contribution in [0.25, 0.3) is 11.3 Å². The molecule has 1 aromatic carbocycles. The molecule has 0 amide bonds. The third-order valence-corrected chi connectivity index (χ3v) is 5.61. The number of aromatic nitrogens is 1. The first kappa shape index (κ1) is 17.1. The molecule has 1 fully saturated rings. The summed E-state index contributed by atoms with van der Waals surface area (Å²) in [5, 5.41) is 4.76. The van der Waals surface area contributed by atoms with Gasteiger partial charge in [0.25, 0.3) is 0 Å². The molecular weight excluding hydrogens is 366 g/mol. The van der Waals surface area contributed by atoms with Crippen LogP contribution in [0.5, 0.6) is 0 Å². The molecule has 2 atom stereocenters. The minimum Gasteiger partial charge on any atom is -0.459 e. The van der Waals surface area contributed by atoms with Gasteiger partial charge in [0.05, 0.1) is 11.7 Å². The molecule has 4 rings (SSSR count). The zero-order valence-electron chi connectivity index (χ0n) is 14.4. The molecule has 4 nitrogen and oxygen atoms in total. The Labute approximate surface area is 162 Å². The van der Waals surface area contributed by atoms with E-state index >= 15 is 0 Å². The van der Waals surface area contributed by atoms with E-state index in [4.69, 9.17) is 28.2 Å². The highest BCUT2D eigenvalue weighted by Gasteiger charge is 2.39. The molecule has 132 valence electrons. The van der Waals surface area contributed by atoms with Crippen LogP contribution in [-0.2, 0) is 0 Å². The molecule has 2 aromatic heterocycles. The number of pyridine rings is 1. The van der Waals surface area contributed by atoms with Gasteiger partial charge in [-0.05, 0) is 55.0 Å². The predicted molar refractivity (Wildman–Crippen MR) is 107 cm³/mol. The highest BCUT2D eigenvalue weighted by atomic mass is 35.5. The average molecular weight is 384 g/mol. The predicted octanol–water partition coefficient (Wildman–Crippen LogP) is 4.91. The molecule has 0 bridgehead atoms. The Balaban J connectivity index is 1.73. The molecule has 1 saturated heterocycles. The lowest BCUT2D eigenvalue weighted by atomic mass is 10.0. The Morgan fingerprint density at radius 3 is 2.77 bits per heavy atom. The maximum Gasteiger partial charge on any atom is 0.170 e. The van der Waals surface area contributed by atoms with Crippen molar-refractivity contribution in [3.63, 3.8) is 0 Å². The van der Waals surface area contributed by atoms with Crippen molar-refractivity contribution in [3.8, 4) is 11.3 Å². The number of rotatable bonds is 3. The summed E-state index contributed by atoms with van der Waals surface area (Å²) in [4.78, 5) is 6.50. The van der Waals surface area contributed by atoms with E-state index in [1.807, 2.05) is 67.4 Å². The minimum atomic E-state index is -0.0642. The summed E-state index contributed by atoms with van der Waals surface area (Å²) in [7, 11) is 1.97. The molecule has 0 radical (unpaired) electrons. The van der Waals surface area contributed by atoms with Crippen molar-refractivity contribution < 1.29 is 4.42 Å². The summed E-state index contributed by atoms with van der Waals surface area (Å²) in [5.74, 6) is 1.64. The lowest BCUT2D eigenvalue weighted by Gasteiger charge is -2.21. The second-order valence-corrected chi connectivity index (χ2v) is 7.15. The number of hydrogen-bond donors (Lipinski definition) is 1. The van der Waals surface area contributed by atoms with E-state index in [1.54, 1.807) is 6.20 Å². The van der Waals surface area contributed by atoms with Crippen LogP contribution in [0.4, 0.5) is 0 Å². The first-order valence-electron chi connectivity index (χ1n) is 8.35. The van der Waals surface area contributed by atoms with Gasteiger partial charge in [-0.2, -0.15) is 0 Å². The zero-order chi connectivity index (χ0) is 18.3. The van der Waals surface area contributed by atoms with Gasteiger partial charge in [-0.25, -0.2) is 0 Å². The van der Waals surface area contributed by atoms with E-state index in [-0.39, 0.29) is 12.1 Å². The molecule has 6 heteroatoms. The van der Waals surface area contributed by atoms with E-state index in [9.17, 15) is 0 Å². The summed E-state index contributed by atoms with van der Waals surface area (Å²) < 4.78 is 6.23. The quantitative estimate of drug-likeness (QED) is 0.651. The maximum atomic E-state index is 6.26. The first-order chi connectivity index (χ1) is 12.6. The van der Waals surface area contributed by atoms with Crippen molar-refractivity contribution in [1.82, 2.24) is 15.2 Å². The second kappa shape index (κ2) is 6.74. The van der Waals surface area contributed by atoms with Crippen LogP contribution in [0.1, 0.15) is 29.1 Å². The molecule has 1 N–H and O–H groups in total. The van der Waals surface area contributed by atoms with Crippen molar-refractivity contribution in [3.05, 3.63) is 76.8 Å². The van der Waals surface area contributed by atoms with Gasteiger partial charge in [-0.1, -0.05) is 29.8 Å². The Morgan fingerprint density at radius 2 is 2.00 bits per heavy atom. The van der Waals surface area contributed by atoms with Gasteiger partial charge in [-0.15, -0.1) is 0 Å². The molecule has 0 saturated carbocycles. The number of halogens is 1. The lowest BCUT2D eigenvalue weighted by molar-refractivity contribution is 0.310. The maximum absolute atomic E-state index is 6.26. The van der Waals surface area contributed by atoms with Crippen LogP contribution in [0.15, 0.2) is 59.1 Å². The van der Waals surface area contributed by atoms with Crippen molar-refractivity contribution in [2.45, 2.75) is 19.0 Å². The normalized spacial score (nSPS) is 19.7. The molecule has 3 aromatic rings. The Kier molecular flexibility index (Phi) is 4.42. The van der Waals surface area contributed by atoms with Crippen molar-refractivity contribution >= 4 is 28.9 Å². The second-order valence-electron chi connectivity index (χ2n) is 6.35. The molecule has 0 unspecified atom stereocenters. The summed E-state index contributed by atoms with van der Waals surface area (Å²) in [6.45, 7) is 1.99. The third-order valence-electron chi connectivity index (χ3n) is 4.79. The number of likely N-dealkylation sites (N-methyl/N-ethyl adjacent to an activating group) is 1. The largest absolute Gasteiger partial charge is 0.459 e. The third kappa shape index (κ3) is 2.87. The average Bonchev–Trinajstić information content (AvgIpc) is 3.23. The fourth-order valence-electron chi connectivity index (χ4n) is 3.35. The lowest BCUT2D eigenvalue weighted by Crippen LogP contribution is -2.24. The fraction of sp³-hybridized carbons (Fsp3) is 0.200. The van der Waals surface area contributed by atoms with E-state index in [1.165, 1.54) is 0 Å². The number of hydrogen-bond acceptors (Lipinski definition) is 3. The molecular formula is C20H18ClN3OS. The van der Waals surface area contributed by atoms with Gasteiger partial charge in [0, 0.05) is 23.8 Å². The van der Waals surface area contributed by atoms with Gasteiger partial charge in [0.2, 0.25) is 0 Å². The highest BCUT2D eigenvalue weighted by molar-refractivity contribution is 7.80. The number of furan rings is 1. The van der Waals surface area contributed by atoms with Crippen molar-refractivity contribution in [1.29, 1.82) is 0 Å². The van der Waals surface area contributed by atoms with E-state index in [0.29, 0.717) is 5.11 Å². The SMILES string of the molecule is Cc1c(Cl)cccc1-c1ccc([C@@H]2[C@H](c3ccccn3)NC(=S)N2C)o1. The smallest absolute Gasteiger partial charge is 0.170 e. The van der Waals surface area contributed by atoms with Crippen LogP contribution in [0.2, 0.25) is 5.02 Å². The minimum absolute atomic E-state index is 0.0619. The monoisotopic (exact) mass is 383 g/mol. The summed E-state index contributed by atoms with van der Waals surface area (Å²) in [6, 6.07) is 15.6. The van der Waals surface area contributed by atoms with Crippen molar-refractivity contribution in [2.24, 2.45) is 0 Å². The highest BCUT2D eigenvalue weighted by Crippen LogP contribution is 2.40. The topological polar surface area (TPSA) is 41.3 Å². The summed E-state index contributed by atoms with van der Waals surface area (Å²) in [5.41, 5.74) is 2.93.